The smallest absolute Gasteiger partial charge is 0.254 e. The standard InChI is InChI=1S/C23H26N6O4S/c1-28-23(25-26-27-28)34-14-21(30)24-16-8-6-15(7-9-16)22(31)29-12-4-5-19(29)18-13-17(32-2)10-11-20(18)33-3/h6-11,13,19H,4-5,12,14H2,1-3H3,(H,24,30). The van der Waals surface area contributed by atoms with Crippen LogP contribution in [-0.2, 0) is 11.8 Å². The summed E-state index contributed by atoms with van der Waals surface area (Å²) in [4.78, 5) is 27.4. The first-order valence-corrected chi connectivity index (χ1v) is 11.8. The summed E-state index contributed by atoms with van der Waals surface area (Å²) >= 11 is 1.24. The van der Waals surface area contributed by atoms with Crippen molar-refractivity contribution in [1.82, 2.24) is 25.1 Å². The Morgan fingerprint density at radius 1 is 1.15 bits per heavy atom. The number of tetrazole rings is 1. The first-order valence-electron chi connectivity index (χ1n) is 10.8. The molecule has 0 spiro atoms. The van der Waals surface area contributed by atoms with E-state index in [-0.39, 0.29) is 23.6 Å². The number of methoxy groups -OCH3 is 2. The third-order valence-corrected chi connectivity index (χ3v) is 6.65. The van der Waals surface area contributed by atoms with E-state index in [1.165, 1.54) is 16.4 Å². The minimum Gasteiger partial charge on any atom is -0.497 e. The largest absolute Gasteiger partial charge is 0.497 e. The molecule has 11 heteroatoms. The monoisotopic (exact) mass is 482 g/mol. The molecule has 2 amide bonds. The quantitative estimate of drug-likeness (QED) is 0.488. The van der Waals surface area contributed by atoms with E-state index in [0.29, 0.717) is 23.0 Å². The average Bonchev–Trinajstić information content (AvgIpc) is 3.51. The Bertz CT molecular complexity index is 1170. The number of anilines is 1. The van der Waals surface area contributed by atoms with Gasteiger partial charge in [0.05, 0.1) is 26.0 Å². The van der Waals surface area contributed by atoms with Crippen LogP contribution in [0.25, 0.3) is 0 Å². The second kappa shape index (κ2) is 10.6. The summed E-state index contributed by atoms with van der Waals surface area (Å²) < 4.78 is 12.4. The molecule has 1 aliphatic rings. The van der Waals surface area contributed by atoms with Crippen LogP contribution in [0.4, 0.5) is 5.69 Å². The molecule has 1 fully saturated rings. The van der Waals surface area contributed by atoms with Gasteiger partial charge in [-0.1, -0.05) is 11.8 Å². The second-order valence-corrected chi connectivity index (χ2v) is 8.71. The number of benzene rings is 2. The van der Waals surface area contributed by atoms with Gasteiger partial charge in [-0.25, -0.2) is 4.68 Å². The van der Waals surface area contributed by atoms with Crippen LogP contribution in [0.15, 0.2) is 47.6 Å². The lowest BCUT2D eigenvalue weighted by atomic mass is 10.0. The van der Waals surface area contributed by atoms with E-state index >= 15 is 0 Å². The molecule has 0 saturated carbocycles. The number of likely N-dealkylation sites (tertiary alicyclic amines) is 1. The van der Waals surface area contributed by atoms with Crippen LogP contribution in [0.1, 0.15) is 34.8 Å². The molecule has 0 aliphatic carbocycles. The first kappa shape index (κ1) is 23.6. The number of nitrogens with zero attached hydrogens (tertiary/aromatic N) is 5. The van der Waals surface area contributed by atoms with Crippen molar-refractivity contribution in [2.24, 2.45) is 7.05 Å². The fourth-order valence-corrected chi connectivity index (χ4v) is 4.62. The Balaban J connectivity index is 1.42. The first-order chi connectivity index (χ1) is 16.5. The number of thioether (sulfide) groups is 1. The number of aryl methyl sites for hydroxylation is 1. The van der Waals surface area contributed by atoms with Crippen molar-refractivity contribution < 1.29 is 19.1 Å². The van der Waals surface area contributed by atoms with Crippen LogP contribution in [0.2, 0.25) is 0 Å². The molecule has 1 unspecified atom stereocenters. The van der Waals surface area contributed by atoms with Crippen molar-refractivity contribution in [3.63, 3.8) is 0 Å². The van der Waals surface area contributed by atoms with E-state index < -0.39 is 0 Å². The molecule has 2 aromatic carbocycles. The highest BCUT2D eigenvalue weighted by molar-refractivity contribution is 7.99. The number of aromatic nitrogens is 4. The van der Waals surface area contributed by atoms with Gasteiger partial charge in [-0.2, -0.15) is 0 Å². The van der Waals surface area contributed by atoms with Crippen molar-refractivity contribution in [2.45, 2.75) is 24.0 Å². The van der Waals surface area contributed by atoms with Crippen LogP contribution in [0, 0.1) is 0 Å². The highest BCUT2D eigenvalue weighted by Crippen LogP contribution is 2.39. The van der Waals surface area contributed by atoms with E-state index in [9.17, 15) is 9.59 Å². The van der Waals surface area contributed by atoms with Gasteiger partial charge >= 0.3 is 0 Å². The molecular formula is C23H26N6O4S. The summed E-state index contributed by atoms with van der Waals surface area (Å²) in [7, 11) is 4.96. The Morgan fingerprint density at radius 3 is 2.62 bits per heavy atom. The van der Waals surface area contributed by atoms with E-state index in [2.05, 4.69) is 20.8 Å². The molecule has 2 heterocycles. The van der Waals surface area contributed by atoms with Gasteiger partial charge < -0.3 is 19.7 Å². The lowest BCUT2D eigenvalue weighted by Gasteiger charge is -2.27. The molecule has 1 aliphatic heterocycles. The molecule has 10 nitrogen and oxygen atoms in total. The van der Waals surface area contributed by atoms with Crippen LogP contribution in [0.5, 0.6) is 11.5 Å². The summed E-state index contributed by atoms with van der Waals surface area (Å²) in [5.74, 6) is 1.39. The third kappa shape index (κ3) is 5.14. The number of carbonyl (C=O) groups excluding carboxylic acids is 2. The number of nitrogens with one attached hydrogen (secondary N) is 1. The van der Waals surface area contributed by atoms with Gasteiger partial charge in [0.1, 0.15) is 11.5 Å². The predicted molar refractivity (Wildman–Crippen MR) is 127 cm³/mol. The van der Waals surface area contributed by atoms with Crippen molar-refractivity contribution in [1.29, 1.82) is 0 Å². The Labute approximate surface area is 201 Å². The summed E-state index contributed by atoms with van der Waals surface area (Å²) in [5, 5.41) is 14.5. The van der Waals surface area contributed by atoms with Gasteiger partial charge in [0.2, 0.25) is 11.1 Å². The summed E-state index contributed by atoms with van der Waals surface area (Å²) in [5.41, 5.74) is 2.11. The van der Waals surface area contributed by atoms with Crippen molar-refractivity contribution in [2.75, 3.05) is 31.8 Å². The summed E-state index contributed by atoms with van der Waals surface area (Å²) in [6.45, 7) is 0.663. The number of hydrogen-bond donors (Lipinski definition) is 1. The second-order valence-electron chi connectivity index (χ2n) is 7.76. The van der Waals surface area contributed by atoms with E-state index in [1.807, 2.05) is 23.1 Å². The number of carbonyl (C=O) groups is 2. The lowest BCUT2D eigenvalue weighted by Crippen LogP contribution is -2.30. The van der Waals surface area contributed by atoms with Crippen LogP contribution < -0.4 is 14.8 Å². The van der Waals surface area contributed by atoms with E-state index in [1.54, 1.807) is 45.5 Å². The molecule has 3 aromatic rings. The van der Waals surface area contributed by atoms with Crippen LogP contribution >= 0.6 is 11.8 Å². The molecule has 1 saturated heterocycles. The summed E-state index contributed by atoms with van der Waals surface area (Å²) in [6.07, 6.45) is 1.76. The van der Waals surface area contributed by atoms with Gasteiger partial charge in [-0.3, -0.25) is 9.59 Å². The number of rotatable bonds is 8. The minimum absolute atomic E-state index is 0.0596. The van der Waals surface area contributed by atoms with E-state index in [4.69, 9.17) is 9.47 Å². The Morgan fingerprint density at radius 2 is 1.94 bits per heavy atom. The number of ether oxygens (including phenoxy) is 2. The molecule has 1 atom stereocenters. The van der Waals surface area contributed by atoms with Crippen LogP contribution in [0.3, 0.4) is 0 Å². The fraction of sp³-hybridized carbons (Fsp3) is 0.348. The SMILES string of the molecule is COc1ccc(OC)c(C2CCCN2C(=O)c2ccc(NC(=O)CSc3nnnn3C)cc2)c1. The maximum atomic E-state index is 13.3. The van der Waals surface area contributed by atoms with Crippen molar-refractivity contribution in [3.05, 3.63) is 53.6 Å². The molecule has 34 heavy (non-hydrogen) atoms. The zero-order valence-electron chi connectivity index (χ0n) is 19.2. The van der Waals surface area contributed by atoms with Crippen molar-refractivity contribution in [3.8, 4) is 11.5 Å². The van der Waals surface area contributed by atoms with E-state index in [0.717, 1.165) is 29.9 Å². The third-order valence-electron chi connectivity index (χ3n) is 5.64. The van der Waals surface area contributed by atoms with Gasteiger partial charge in [0, 0.05) is 30.4 Å². The topological polar surface area (TPSA) is 111 Å². The molecule has 1 N–H and O–H groups in total. The van der Waals surface area contributed by atoms with Crippen LogP contribution in [-0.4, -0.2) is 63.4 Å². The minimum atomic E-state index is -0.184. The Hall–Kier alpha value is -3.60. The number of amides is 2. The fourth-order valence-electron chi connectivity index (χ4n) is 3.97. The maximum absolute atomic E-state index is 13.3. The molecule has 1 aromatic heterocycles. The molecule has 0 bridgehead atoms. The number of hydrogen-bond acceptors (Lipinski definition) is 8. The predicted octanol–water partition coefficient (Wildman–Crippen LogP) is 2.94. The normalized spacial score (nSPS) is 15.3. The molecule has 178 valence electrons. The zero-order chi connectivity index (χ0) is 24.1. The van der Waals surface area contributed by atoms with Gasteiger partial charge in [0.15, 0.2) is 0 Å². The Kier molecular flexibility index (Phi) is 7.31. The van der Waals surface area contributed by atoms with Gasteiger partial charge in [-0.05, 0) is 65.7 Å². The maximum Gasteiger partial charge on any atom is 0.254 e. The molecule has 4 rings (SSSR count). The zero-order valence-corrected chi connectivity index (χ0v) is 20.0. The highest BCUT2D eigenvalue weighted by atomic mass is 32.2. The molecular weight excluding hydrogens is 456 g/mol. The van der Waals surface area contributed by atoms with Crippen molar-refractivity contribution >= 4 is 29.3 Å². The lowest BCUT2D eigenvalue weighted by molar-refractivity contribution is -0.113. The van der Waals surface area contributed by atoms with Gasteiger partial charge in [-0.15, -0.1) is 5.10 Å². The highest BCUT2D eigenvalue weighted by Gasteiger charge is 2.32. The summed E-state index contributed by atoms with van der Waals surface area (Å²) in [6, 6.07) is 12.5. The average molecular weight is 483 g/mol. The molecule has 0 radical (unpaired) electrons. The van der Waals surface area contributed by atoms with Gasteiger partial charge in [0.25, 0.3) is 5.91 Å².